The first-order chi connectivity index (χ1) is 12.1. The molecule has 0 fully saturated rings. The molecule has 1 aliphatic rings. The van der Waals surface area contributed by atoms with Gasteiger partial charge < -0.3 is 19.7 Å². The highest BCUT2D eigenvalue weighted by Gasteiger charge is 2.24. The molecule has 3 rings (SSSR count). The summed E-state index contributed by atoms with van der Waals surface area (Å²) >= 11 is 0. The first kappa shape index (κ1) is 17.1. The summed E-state index contributed by atoms with van der Waals surface area (Å²) in [6, 6.07) is 14.0. The van der Waals surface area contributed by atoms with Gasteiger partial charge in [0.2, 0.25) is 5.91 Å². The van der Waals surface area contributed by atoms with E-state index in [1.165, 1.54) is 5.56 Å². The molecule has 2 aromatic carbocycles. The molecule has 0 spiro atoms. The third-order valence-corrected chi connectivity index (χ3v) is 4.66. The van der Waals surface area contributed by atoms with E-state index in [0.717, 1.165) is 18.5 Å². The second-order valence-electron chi connectivity index (χ2n) is 6.26. The maximum Gasteiger partial charge on any atom is 0.244 e. The van der Waals surface area contributed by atoms with Gasteiger partial charge >= 0.3 is 0 Å². The Hall–Kier alpha value is -2.69. The first-order valence-electron chi connectivity index (χ1n) is 8.48. The third-order valence-electron chi connectivity index (χ3n) is 4.66. The van der Waals surface area contributed by atoms with Gasteiger partial charge in [0, 0.05) is 17.8 Å². The van der Waals surface area contributed by atoms with Crippen LogP contribution in [0.2, 0.25) is 0 Å². The summed E-state index contributed by atoms with van der Waals surface area (Å²) in [6.45, 7) is 2.47. The molecule has 5 nitrogen and oxygen atoms in total. The van der Waals surface area contributed by atoms with Crippen molar-refractivity contribution in [1.82, 2.24) is 0 Å². The molecule has 0 radical (unpaired) electrons. The molecule has 2 aromatic rings. The number of amides is 1. The highest BCUT2D eigenvalue weighted by atomic mass is 16.5. The van der Waals surface area contributed by atoms with Crippen LogP contribution < -0.4 is 19.7 Å². The van der Waals surface area contributed by atoms with E-state index in [-0.39, 0.29) is 5.91 Å². The molecule has 0 saturated carbocycles. The average molecular weight is 340 g/mol. The van der Waals surface area contributed by atoms with Gasteiger partial charge in [0.1, 0.15) is 11.5 Å². The molecular weight excluding hydrogens is 316 g/mol. The normalized spacial score (nSPS) is 16.1. The Balaban J connectivity index is 1.77. The van der Waals surface area contributed by atoms with Crippen LogP contribution in [0.15, 0.2) is 42.5 Å². The second-order valence-corrected chi connectivity index (χ2v) is 6.26. The van der Waals surface area contributed by atoms with Crippen molar-refractivity contribution in [3.05, 3.63) is 48.0 Å². The summed E-state index contributed by atoms with van der Waals surface area (Å²) in [7, 11) is 3.18. The molecule has 1 heterocycles. The Morgan fingerprint density at radius 1 is 1.20 bits per heavy atom. The van der Waals surface area contributed by atoms with E-state index in [2.05, 4.69) is 29.3 Å². The molecule has 1 N–H and O–H groups in total. The van der Waals surface area contributed by atoms with Gasteiger partial charge in [-0.3, -0.25) is 4.79 Å². The van der Waals surface area contributed by atoms with Gasteiger partial charge in [-0.05, 0) is 43.5 Å². The predicted molar refractivity (Wildman–Crippen MR) is 99.7 cm³/mol. The Morgan fingerprint density at radius 3 is 2.76 bits per heavy atom. The van der Waals surface area contributed by atoms with Crippen molar-refractivity contribution in [2.45, 2.75) is 25.8 Å². The van der Waals surface area contributed by atoms with Crippen molar-refractivity contribution >= 4 is 17.3 Å². The van der Waals surface area contributed by atoms with Gasteiger partial charge in [0.05, 0.1) is 26.5 Å². The Labute approximate surface area is 148 Å². The van der Waals surface area contributed by atoms with E-state index in [1.54, 1.807) is 32.4 Å². The molecule has 0 bridgehead atoms. The zero-order valence-corrected chi connectivity index (χ0v) is 14.9. The number of nitrogens with one attached hydrogen (secondary N) is 1. The number of hydrogen-bond acceptors (Lipinski definition) is 4. The molecule has 132 valence electrons. The van der Waals surface area contributed by atoms with Crippen molar-refractivity contribution in [2.24, 2.45) is 0 Å². The highest BCUT2D eigenvalue weighted by molar-refractivity contribution is 5.95. The number of carbonyl (C=O) groups excluding carboxylic acids is 1. The number of nitrogens with zero attached hydrogens (tertiary/aromatic N) is 1. The maximum atomic E-state index is 12.7. The van der Waals surface area contributed by atoms with Crippen LogP contribution in [0.25, 0.3) is 0 Å². The van der Waals surface area contributed by atoms with Gasteiger partial charge in [0.15, 0.2) is 0 Å². The zero-order chi connectivity index (χ0) is 17.8. The number of ether oxygens (including phenoxy) is 2. The Morgan fingerprint density at radius 2 is 2.00 bits per heavy atom. The van der Waals surface area contributed by atoms with E-state index >= 15 is 0 Å². The monoisotopic (exact) mass is 340 g/mol. The SMILES string of the molecule is COc1ccc(OC)c(NC(=O)CN2c3ccccc3CC[C@@H]2C)c1. The summed E-state index contributed by atoms with van der Waals surface area (Å²) in [5.74, 6) is 1.21. The maximum absolute atomic E-state index is 12.7. The third kappa shape index (κ3) is 3.71. The van der Waals surface area contributed by atoms with Crippen LogP contribution in [0.5, 0.6) is 11.5 Å². The lowest BCUT2D eigenvalue weighted by Crippen LogP contribution is -2.42. The molecule has 1 atom stereocenters. The van der Waals surface area contributed by atoms with E-state index < -0.39 is 0 Å². The van der Waals surface area contributed by atoms with Crippen LogP contribution in [0.1, 0.15) is 18.9 Å². The summed E-state index contributed by atoms with van der Waals surface area (Å²) in [5, 5.41) is 2.95. The minimum atomic E-state index is -0.0740. The fraction of sp³-hybridized carbons (Fsp3) is 0.350. The minimum Gasteiger partial charge on any atom is -0.497 e. The van der Waals surface area contributed by atoms with Crippen LogP contribution >= 0.6 is 0 Å². The van der Waals surface area contributed by atoms with Crippen molar-refractivity contribution in [3.8, 4) is 11.5 Å². The number of para-hydroxylation sites is 1. The zero-order valence-electron chi connectivity index (χ0n) is 14.9. The second kappa shape index (κ2) is 7.47. The number of rotatable bonds is 5. The standard InChI is InChI=1S/C20H24N2O3/c1-14-8-9-15-6-4-5-7-18(15)22(14)13-20(23)21-17-12-16(24-2)10-11-19(17)25-3/h4-7,10-12,14H,8-9,13H2,1-3H3,(H,21,23)/t14-/m0/s1. The van der Waals surface area contributed by atoms with Gasteiger partial charge in [-0.2, -0.15) is 0 Å². The molecule has 25 heavy (non-hydrogen) atoms. The fourth-order valence-corrected chi connectivity index (χ4v) is 3.26. The van der Waals surface area contributed by atoms with Crippen molar-refractivity contribution < 1.29 is 14.3 Å². The molecule has 0 aromatic heterocycles. The molecule has 0 saturated heterocycles. The molecule has 1 amide bonds. The van der Waals surface area contributed by atoms with Gasteiger partial charge in [-0.1, -0.05) is 18.2 Å². The van der Waals surface area contributed by atoms with E-state index in [0.29, 0.717) is 29.8 Å². The van der Waals surface area contributed by atoms with Crippen molar-refractivity contribution in [2.75, 3.05) is 31.0 Å². The number of aryl methyl sites for hydroxylation is 1. The van der Waals surface area contributed by atoms with E-state index in [4.69, 9.17) is 9.47 Å². The van der Waals surface area contributed by atoms with Crippen LogP contribution in [-0.4, -0.2) is 32.7 Å². The minimum absolute atomic E-state index is 0.0740. The number of fused-ring (bicyclic) bond motifs is 1. The lowest BCUT2D eigenvalue weighted by molar-refractivity contribution is -0.115. The van der Waals surface area contributed by atoms with Crippen molar-refractivity contribution in [1.29, 1.82) is 0 Å². The van der Waals surface area contributed by atoms with Gasteiger partial charge in [-0.15, -0.1) is 0 Å². The lowest BCUT2D eigenvalue weighted by Gasteiger charge is -2.36. The highest BCUT2D eigenvalue weighted by Crippen LogP contribution is 2.31. The Bertz CT molecular complexity index is 760. The molecular formula is C20H24N2O3. The largest absolute Gasteiger partial charge is 0.497 e. The summed E-state index contributed by atoms with van der Waals surface area (Å²) in [6.07, 6.45) is 2.10. The smallest absolute Gasteiger partial charge is 0.244 e. The van der Waals surface area contributed by atoms with Crippen LogP contribution in [0.4, 0.5) is 11.4 Å². The van der Waals surface area contributed by atoms with E-state index in [1.807, 2.05) is 12.1 Å². The number of carbonyl (C=O) groups is 1. The number of methoxy groups -OCH3 is 2. The Kier molecular flexibility index (Phi) is 5.12. The average Bonchev–Trinajstić information content (AvgIpc) is 2.64. The number of hydrogen-bond donors (Lipinski definition) is 1. The predicted octanol–water partition coefficient (Wildman–Crippen LogP) is 3.48. The topological polar surface area (TPSA) is 50.8 Å². The van der Waals surface area contributed by atoms with Crippen LogP contribution in [-0.2, 0) is 11.2 Å². The van der Waals surface area contributed by atoms with E-state index in [9.17, 15) is 4.79 Å². The number of benzene rings is 2. The van der Waals surface area contributed by atoms with Gasteiger partial charge in [0.25, 0.3) is 0 Å². The van der Waals surface area contributed by atoms with Crippen LogP contribution in [0, 0.1) is 0 Å². The quantitative estimate of drug-likeness (QED) is 0.905. The molecule has 0 aliphatic carbocycles. The number of anilines is 2. The summed E-state index contributed by atoms with van der Waals surface area (Å²) < 4.78 is 10.6. The summed E-state index contributed by atoms with van der Waals surface area (Å²) in [5.41, 5.74) is 3.06. The lowest BCUT2D eigenvalue weighted by atomic mass is 9.96. The first-order valence-corrected chi connectivity index (χ1v) is 8.48. The molecule has 1 aliphatic heterocycles. The molecule has 5 heteroatoms. The summed E-state index contributed by atoms with van der Waals surface area (Å²) in [4.78, 5) is 14.8. The van der Waals surface area contributed by atoms with Gasteiger partial charge in [-0.25, -0.2) is 0 Å². The fourth-order valence-electron chi connectivity index (χ4n) is 3.26. The van der Waals surface area contributed by atoms with Crippen LogP contribution in [0.3, 0.4) is 0 Å². The van der Waals surface area contributed by atoms with Crippen molar-refractivity contribution in [3.63, 3.8) is 0 Å². The molecule has 0 unspecified atom stereocenters.